The van der Waals surface area contributed by atoms with Crippen molar-refractivity contribution in [2.45, 2.75) is 58.5 Å². The van der Waals surface area contributed by atoms with Crippen molar-refractivity contribution in [3.8, 4) is 6.07 Å². The van der Waals surface area contributed by atoms with E-state index in [4.69, 9.17) is 0 Å². The van der Waals surface area contributed by atoms with Gasteiger partial charge in [-0.3, -0.25) is 4.90 Å². The zero-order valence-electron chi connectivity index (χ0n) is 14.3. The second kappa shape index (κ2) is 8.19. The second-order valence-corrected chi connectivity index (χ2v) is 6.09. The summed E-state index contributed by atoms with van der Waals surface area (Å²) in [5.41, 5.74) is 2.38. The summed E-state index contributed by atoms with van der Waals surface area (Å²) in [5, 5.41) is 9.71. The molecule has 2 unspecified atom stereocenters. The lowest BCUT2D eigenvalue weighted by molar-refractivity contribution is 0.117. The van der Waals surface area contributed by atoms with Gasteiger partial charge in [-0.15, -0.1) is 0 Å². The topological polar surface area (TPSA) is 30.3 Å². The Bertz CT molecular complexity index is 484. The molecular weight excluding hydrogens is 270 g/mol. The van der Waals surface area contributed by atoms with Crippen LogP contribution in [0.2, 0.25) is 0 Å². The normalized spacial score (nSPS) is 20.4. The van der Waals surface area contributed by atoms with Gasteiger partial charge in [0.1, 0.15) is 6.04 Å². The predicted molar refractivity (Wildman–Crippen MR) is 93.0 cm³/mol. The Kier molecular flexibility index (Phi) is 6.27. The van der Waals surface area contributed by atoms with Crippen molar-refractivity contribution in [1.29, 1.82) is 5.26 Å². The molecule has 0 N–H and O–H groups in total. The smallest absolute Gasteiger partial charge is 0.124 e. The van der Waals surface area contributed by atoms with Crippen LogP contribution in [0.1, 0.15) is 58.1 Å². The minimum Gasteiger partial charge on any atom is -0.372 e. The van der Waals surface area contributed by atoms with E-state index in [9.17, 15) is 5.26 Å². The maximum Gasteiger partial charge on any atom is 0.124 e. The first kappa shape index (κ1) is 16.8. The van der Waals surface area contributed by atoms with E-state index in [1.165, 1.54) is 24.9 Å². The van der Waals surface area contributed by atoms with Crippen LogP contribution in [0, 0.1) is 11.3 Å². The largest absolute Gasteiger partial charge is 0.372 e. The first-order valence-electron chi connectivity index (χ1n) is 8.75. The molecule has 1 aliphatic heterocycles. The molecule has 22 heavy (non-hydrogen) atoms. The Morgan fingerprint density at radius 3 is 2.41 bits per heavy atom. The van der Waals surface area contributed by atoms with Gasteiger partial charge in [-0.25, -0.2) is 0 Å². The molecule has 0 aliphatic carbocycles. The summed E-state index contributed by atoms with van der Waals surface area (Å²) in [4.78, 5) is 4.75. The monoisotopic (exact) mass is 299 g/mol. The molecule has 0 radical (unpaired) electrons. The fourth-order valence-electron chi connectivity index (χ4n) is 3.60. The van der Waals surface area contributed by atoms with Gasteiger partial charge in [-0.05, 0) is 50.8 Å². The molecule has 1 heterocycles. The van der Waals surface area contributed by atoms with Crippen molar-refractivity contribution in [2.75, 3.05) is 24.5 Å². The summed E-state index contributed by atoms with van der Waals surface area (Å²) in [5.74, 6) is 0. The number of nitrogens with zero attached hydrogens (tertiary/aromatic N) is 3. The Hall–Kier alpha value is -1.53. The van der Waals surface area contributed by atoms with E-state index in [2.05, 4.69) is 60.9 Å². The van der Waals surface area contributed by atoms with Gasteiger partial charge in [-0.2, -0.15) is 5.26 Å². The lowest BCUT2D eigenvalue weighted by atomic mass is 9.95. The Morgan fingerprint density at radius 2 is 1.86 bits per heavy atom. The fourth-order valence-corrected chi connectivity index (χ4v) is 3.60. The van der Waals surface area contributed by atoms with Gasteiger partial charge in [-0.1, -0.05) is 25.5 Å². The van der Waals surface area contributed by atoms with Crippen molar-refractivity contribution < 1.29 is 0 Å². The van der Waals surface area contributed by atoms with Gasteiger partial charge in [0, 0.05) is 31.4 Å². The van der Waals surface area contributed by atoms with Crippen molar-refractivity contribution >= 4 is 5.69 Å². The minimum atomic E-state index is -0.101. The zero-order chi connectivity index (χ0) is 15.9. The standard InChI is InChI=1S/C19H29N3/c1-4-17-9-7-8-14-22(17)19(15-20)16-10-12-18(13-11-16)21(5-2)6-3/h10-13,17,19H,4-9,14H2,1-3H3. The highest BCUT2D eigenvalue weighted by Crippen LogP contribution is 2.30. The van der Waals surface area contributed by atoms with Crippen LogP contribution in [-0.2, 0) is 0 Å². The minimum absolute atomic E-state index is 0.101. The van der Waals surface area contributed by atoms with Gasteiger partial charge in [0.15, 0.2) is 0 Å². The second-order valence-electron chi connectivity index (χ2n) is 6.09. The van der Waals surface area contributed by atoms with Crippen molar-refractivity contribution in [2.24, 2.45) is 0 Å². The van der Waals surface area contributed by atoms with Gasteiger partial charge in [0.2, 0.25) is 0 Å². The highest BCUT2D eigenvalue weighted by Gasteiger charge is 2.28. The van der Waals surface area contributed by atoms with E-state index in [0.717, 1.165) is 31.6 Å². The number of anilines is 1. The summed E-state index contributed by atoms with van der Waals surface area (Å²) < 4.78 is 0. The van der Waals surface area contributed by atoms with Crippen molar-refractivity contribution in [3.05, 3.63) is 29.8 Å². The highest BCUT2D eigenvalue weighted by molar-refractivity contribution is 5.48. The number of hydrogen-bond acceptors (Lipinski definition) is 3. The third-order valence-corrected chi connectivity index (χ3v) is 4.94. The maximum absolute atomic E-state index is 9.71. The van der Waals surface area contributed by atoms with E-state index >= 15 is 0 Å². The molecule has 3 nitrogen and oxygen atoms in total. The number of nitriles is 1. The van der Waals surface area contributed by atoms with Gasteiger partial charge >= 0.3 is 0 Å². The summed E-state index contributed by atoms with van der Waals surface area (Å²) in [7, 11) is 0. The number of likely N-dealkylation sites (tertiary alicyclic amines) is 1. The van der Waals surface area contributed by atoms with Crippen LogP contribution in [0.4, 0.5) is 5.69 Å². The number of benzene rings is 1. The van der Waals surface area contributed by atoms with Crippen LogP contribution in [-0.4, -0.2) is 30.6 Å². The van der Waals surface area contributed by atoms with Crippen molar-refractivity contribution in [3.63, 3.8) is 0 Å². The van der Waals surface area contributed by atoms with E-state index < -0.39 is 0 Å². The zero-order valence-corrected chi connectivity index (χ0v) is 14.3. The Balaban J connectivity index is 2.19. The van der Waals surface area contributed by atoms with Crippen LogP contribution in [0.3, 0.4) is 0 Å². The molecule has 0 amide bonds. The Labute approximate surface area is 135 Å². The molecule has 0 bridgehead atoms. The summed E-state index contributed by atoms with van der Waals surface area (Å²) in [6.45, 7) is 9.67. The molecule has 0 aromatic heterocycles. The molecule has 1 fully saturated rings. The van der Waals surface area contributed by atoms with Gasteiger partial charge in [0.25, 0.3) is 0 Å². The fraction of sp³-hybridized carbons (Fsp3) is 0.632. The molecule has 1 aromatic rings. The average Bonchev–Trinajstić information content (AvgIpc) is 2.58. The van der Waals surface area contributed by atoms with E-state index in [0.29, 0.717) is 6.04 Å². The quantitative estimate of drug-likeness (QED) is 0.781. The summed E-state index contributed by atoms with van der Waals surface area (Å²) in [6, 6.07) is 11.6. The van der Waals surface area contributed by atoms with Crippen LogP contribution in [0.15, 0.2) is 24.3 Å². The first-order valence-corrected chi connectivity index (χ1v) is 8.75. The third kappa shape index (κ3) is 3.62. The molecule has 0 saturated carbocycles. The molecule has 1 aromatic carbocycles. The lowest BCUT2D eigenvalue weighted by Gasteiger charge is -2.38. The van der Waals surface area contributed by atoms with Crippen LogP contribution < -0.4 is 4.90 Å². The first-order chi connectivity index (χ1) is 10.7. The molecular formula is C19H29N3. The molecule has 2 atom stereocenters. The third-order valence-electron chi connectivity index (χ3n) is 4.94. The average molecular weight is 299 g/mol. The van der Waals surface area contributed by atoms with Crippen LogP contribution >= 0.6 is 0 Å². The SMILES string of the molecule is CCC1CCCCN1C(C#N)c1ccc(N(CC)CC)cc1. The lowest BCUT2D eigenvalue weighted by Crippen LogP contribution is -2.41. The molecule has 0 spiro atoms. The molecule has 2 rings (SSSR count). The van der Waals surface area contributed by atoms with Gasteiger partial charge < -0.3 is 4.90 Å². The van der Waals surface area contributed by atoms with Crippen LogP contribution in [0.5, 0.6) is 0 Å². The molecule has 3 heteroatoms. The van der Waals surface area contributed by atoms with Crippen LogP contribution in [0.25, 0.3) is 0 Å². The predicted octanol–water partition coefficient (Wildman–Crippen LogP) is 4.36. The number of rotatable bonds is 6. The van der Waals surface area contributed by atoms with Crippen molar-refractivity contribution in [1.82, 2.24) is 4.90 Å². The molecule has 1 aliphatic rings. The highest BCUT2D eigenvalue weighted by atomic mass is 15.2. The number of hydrogen-bond donors (Lipinski definition) is 0. The summed E-state index contributed by atoms with van der Waals surface area (Å²) >= 11 is 0. The Morgan fingerprint density at radius 1 is 1.18 bits per heavy atom. The van der Waals surface area contributed by atoms with E-state index in [1.54, 1.807) is 0 Å². The van der Waals surface area contributed by atoms with E-state index in [1.807, 2.05) is 0 Å². The maximum atomic E-state index is 9.71. The number of piperidine rings is 1. The van der Waals surface area contributed by atoms with Gasteiger partial charge in [0.05, 0.1) is 6.07 Å². The van der Waals surface area contributed by atoms with E-state index in [-0.39, 0.29) is 6.04 Å². The summed E-state index contributed by atoms with van der Waals surface area (Å²) in [6.07, 6.45) is 4.88. The molecule has 120 valence electrons. The molecule has 1 saturated heterocycles.